The summed E-state index contributed by atoms with van der Waals surface area (Å²) in [5.74, 6) is -0.222. The monoisotopic (exact) mass is 462 g/mol. The van der Waals surface area contributed by atoms with Gasteiger partial charge < -0.3 is 15.4 Å². The van der Waals surface area contributed by atoms with Gasteiger partial charge in [-0.05, 0) is 37.3 Å². The minimum atomic E-state index is -4.62. The molecule has 3 rings (SSSR count). The predicted molar refractivity (Wildman–Crippen MR) is 115 cm³/mol. The Balaban J connectivity index is 2.12. The van der Waals surface area contributed by atoms with Crippen LogP contribution in [0.15, 0.2) is 60.7 Å². The summed E-state index contributed by atoms with van der Waals surface area (Å²) in [4.78, 5) is 21.2. The molecule has 33 heavy (non-hydrogen) atoms. The van der Waals surface area contributed by atoms with Gasteiger partial charge in [-0.25, -0.2) is 0 Å². The minimum Gasteiger partial charge on any atom is -0.487 e. The Morgan fingerprint density at radius 3 is 2.09 bits per heavy atom. The van der Waals surface area contributed by atoms with Crippen molar-refractivity contribution in [2.45, 2.75) is 13.1 Å². The first kappa shape index (κ1) is 23.3. The van der Waals surface area contributed by atoms with Crippen molar-refractivity contribution >= 4 is 34.1 Å². The number of rotatable bonds is 8. The molecule has 0 saturated carbocycles. The Bertz CT molecular complexity index is 1190. The van der Waals surface area contributed by atoms with E-state index in [0.29, 0.717) is 5.69 Å². The van der Waals surface area contributed by atoms with E-state index in [1.165, 1.54) is 0 Å². The molecule has 0 fully saturated rings. The van der Waals surface area contributed by atoms with Gasteiger partial charge in [0, 0.05) is 11.8 Å². The lowest BCUT2D eigenvalue weighted by atomic mass is 10.1. The maximum absolute atomic E-state index is 13.3. The van der Waals surface area contributed by atoms with Crippen molar-refractivity contribution < 1.29 is 27.8 Å². The Hall–Kier alpha value is -4.35. The van der Waals surface area contributed by atoms with Crippen LogP contribution >= 0.6 is 0 Å². The summed E-state index contributed by atoms with van der Waals surface area (Å²) < 4.78 is 45.1. The zero-order valence-electron chi connectivity index (χ0n) is 17.1. The van der Waals surface area contributed by atoms with Crippen LogP contribution in [0.4, 0.5) is 47.3 Å². The number of nitro benzene ring substituents is 2. The average Bonchev–Trinajstić information content (AvgIpc) is 2.75. The number of nitrogens with zero attached hydrogens (tertiary/aromatic N) is 2. The lowest BCUT2D eigenvalue weighted by Crippen LogP contribution is -2.07. The fraction of sp³-hybridized carbons (Fsp3) is 0.143. The van der Waals surface area contributed by atoms with Crippen molar-refractivity contribution in [2.75, 3.05) is 17.2 Å². The van der Waals surface area contributed by atoms with Crippen LogP contribution in [0.2, 0.25) is 0 Å². The summed E-state index contributed by atoms with van der Waals surface area (Å²) in [7, 11) is 0. The fourth-order valence-electron chi connectivity index (χ4n) is 2.98. The van der Waals surface area contributed by atoms with E-state index in [-0.39, 0.29) is 29.4 Å². The molecule has 12 heteroatoms. The maximum atomic E-state index is 13.3. The summed E-state index contributed by atoms with van der Waals surface area (Å²) >= 11 is 0. The third-order valence-electron chi connectivity index (χ3n) is 4.44. The predicted octanol–water partition coefficient (Wildman–Crippen LogP) is 6.41. The molecule has 172 valence electrons. The average molecular weight is 462 g/mol. The van der Waals surface area contributed by atoms with Crippen LogP contribution < -0.4 is 15.4 Å². The molecule has 0 unspecified atom stereocenters. The number of hydrogen-bond acceptors (Lipinski definition) is 7. The van der Waals surface area contributed by atoms with Gasteiger partial charge in [-0.15, -0.1) is 0 Å². The Kier molecular flexibility index (Phi) is 6.66. The van der Waals surface area contributed by atoms with E-state index in [4.69, 9.17) is 4.74 Å². The second kappa shape index (κ2) is 9.42. The molecule has 0 atom stereocenters. The highest BCUT2D eigenvalue weighted by Crippen LogP contribution is 2.41. The summed E-state index contributed by atoms with van der Waals surface area (Å²) in [6, 6.07) is 12.9. The zero-order chi connectivity index (χ0) is 24.2. The summed E-state index contributed by atoms with van der Waals surface area (Å²) in [6.07, 6.45) is -4.62. The van der Waals surface area contributed by atoms with Crippen molar-refractivity contribution in [1.29, 1.82) is 0 Å². The molecule has 0 spiro atoms. The maximum Gasteiger partial charge on any atom is 0.416 e. The molecule has 0 amide bonds. The lowest BCUT2D eigenvalue weighted by Gasteiger charge is -2.17. The summed E-state index contributed by atoms with van der Waals surface area (Å²) in [5, 5.41) is 28.4. The van der Waals surface area contributed by atoms with Crippen LogP contribution in [0, 0.1) is 20.2 Å². The van der Waals surface area contributed by atoms with Crippen molar-refractivity contribution in [3.8, 4) is 5.75 Å². The van der Waals surface area contributed by atoms with Crippen LogP contribution in [0.1, 0.15) is 12.5 Å². The first-order chi connectivity index (χ1) is 15.6. The van der Waals surface area contributed by atoms with Gasteiger partial charge in [0.25, 0.3) is 5.69 Å². The molecule has 0 aromatic heterocycles. The lowest BCUT2D eigenvalue weighted by molar-refractivity contribution is -0.394. The quantitative estimate of drug-likeness (QED) is 0.293. The van der Waals surface area contributed by atoms with Gasteiger partial charge in [-0.1, -0.05) is 18.2 Å². The van der Waals surface area contributed by atoms with E-state index in [0.717, 1.165) is 30.3 Å². The molecule has 2 N–H and O–H groups in total. The largest absolute Gasteiger partial charge is 0.487 e. The van der Waals surface area contributed by atoms with Crippen molar-refractivity contribution in [2.24, 2.45) is 0 Å². The molecular formula is C21H17F3N4O5. The molecule has 9 nitrogen and oxygen atoms in total. The van der Waals surface area contributed by atoms with Crippen molar-refractivity contribution in [3.63, 3.8) is 0 Å². The second-order valence-electron chi connectivity index (χ2n) is 6.66. The highest BCUT2D eigenvalue weighted by atomic mass is 19.4. The normalized spacial score (nSPS) is 11.0. The first-order valence-corrected chi connectivity index (χ1v) is 9.50. The van der Waals surface area contributed by atoms with Gasteiger partial charge in [0.2, 0.25) is 0 Å². The Morgan fingerprint density at radius 1 is 0.848 bits per heavy atom. The fourth-order valence-corrected chi connectivity index (χ4v) is 2.98. The van der Waals surface area contributed by atoms with Crippen molar-refractivity contribution in [3.05, 3.63) is 86.5 Å². The van der Waals surface area contributed by atoms with E-state index in [2.05, 4.69) is 10.6 Å². The molecule has 0 radical (unpaired) electrons. The third-order valence-corrected chi connectivity index (χ3v) is 4.44. The molecule has 0 saturated heterocycles. The number of halogens is 3. The number of para-hydroxylation sites is 1. The van der Waals surface area contributed by atoms with Crippen LogP contribution in [0.3, 0.4) is 0 Å². The molecule has 3 aromatic rings. The third kappa shape index (κ3) is 5.47. The molecular weight excluding hydrogens is 445 g/mol. The smallest absolute Gasteiger partial charge is 0.416 e. The van der Waals surface area contributed by atoms with E-state index < -0.39 is 33.0 Å². The number of nitrogens with one attached hydrogen (secondary N) is 2. The number of alkyl halides is 3. The summed E-state index contributed by atoms with van der Waals surface area (Å²) in [6.45, 7) is 1.63. The zero-order valence-corrected chi connectivity index (χ0v) is 17.1. The van der Waals surface area contributed by atoms with Crippen LogP contribution in [-0.2, 0) is 6.18 Å². The number of nitro groups is 2. The molecule has 0 aliphatic heterocycles. The standard InChI is InChI=1S/C21H17F3N4O5/c1-2-33-20-11-17(18(27(29)30)12-19(20)28(31)32)26-15-9-8-13(21(22,23)24)10-16(15)25-14-6-4-3-5-7-14/h3-12,25-26H,2H2,1H3. The SMILES string of the molecule is CCOc1cc(Nc2ccc(C(F)(F)F)cc2Nc2ccccc2)c([N+](=O)[O-])cc1[N+](=O)[O-]. The topological polar surface area (TPSA) is 120 Å². The van der Waals surface area contributed by atoms with Crippen molar-refractivity contribution in [1.82, 2.24) is 0 Å². The Labute approximate surface area is 185 Å². The van der Waals surface area contributed by atoms with Gasteiger partial charge in [0.15, 0.2) is 5.75 Å². The number of ether oxygens (including phenoxy) is 1. The summed E-state index contributed by atoms with van der Waals surface area (Å²) in [5.41, 5.74) is -1.83. The van der Waals surface area contributed by atoms with Gasteiger partial charge in [-0.3, -0.25) is 20.2 Å². The molecule has 0 bridgehead atoms. The number of hydrogen-bond donors (Lipinski definition) is 2. The molecule has 0 aliphatic carbocycles. The molecule has 0 aliphatic rings. The molecule has 3 aromatic carbocycles. The van der Waals surface area contributed by atoms with Gasteiger partial charge in [0.05, 0.1) is 39.5 Å². The number of benzene rings is 3. The van der Waals surface area contributed by atoms with Gasteiger partial charge in [0.1, 0.15) is 5.69 Å². The van der Waals surface area contributed by atoms with Gasteiger partial charge in [-0.2, -0.15) is 13.2 Å². The minimum absolute atomic E-state index is 0.0124. The Morgan fingerprint density at radius 2 is 1.52 bits per heavy atom. The van der Waals surface area contributed by atoms with Crippen LogP contribution in [0.5, 0.6) is 5.75 Å². The highest BCUT2D eigenvalue weighted by Gasteiger charge is 2.32. The van der Waals surface area contributed by atoms with Crippen LogP contribution in [0.25, 0.3) is 0 Å². The van der Waals surface area contributed by atoms with E-state index >= 15 is 0 Å². The van der Waals surface area contributed by atoms with E-state index in [1.54, 1.807) is 37.3 Å². The second-order valence-corrected chi connectivity index (χ2v) is 6.66. The van der Waals surface area contributed by atoms with Gasteiger partial charge >= 0.3 is 11.9 Å². The highest BCUT2D eigenvalue weighted by molar-refractivity contribution is 5.83. The molecule has 0 heterocycles. The van der Waals surface area contributed by atoms with Crippen LogP contribution in [-0.4, -0.2) is 16.5 Å². The van der Waals surface area contributed by atoms with E-state index in [1.807, 2.05) is 0 Å². The van der Waals surface area contributed by atoms with E-state index in [9.17, 15) is 33.4 Å². The first-order valence-electron chi connectivity index (χ1n) is 9.50. The number of anilines is 4.